The number of furan rings is 1. The molecular weight excluding hydrogens is 304 g/mol. The van der Waals surface area contributed by atoms with Crippen LogP contribution in [0.2, 0.25) is 0 Å². The third-order valence-electron chi connectivity index (χ3n) is 6.54. The first-order valence-electron chi connectivity index (χ1n) is 8.62. The van der Waals surface area contributed by atoms with Crippen LogP contribution >= 0.6 is 0 Å². The Bertz CT molecular complexity index is 672. The number of carboxylic acid groups (broad SMARTS) is 1. The second-order valence-corrected chi connectivity index (χ2v) is 7.85. The molecule has 1 fully saturated rings. The first kappa shape index (κ1) is 17.0. The van der Waals surface area contributed by atoms with Gasteiger partial charge < -0.3 is 14.6 Å². The summed E-state index contributed by atoms with van der Waals surface area (Å²) in [6, 6.07) is 1.91. The van der Waals surface area contributed by atoms with Crippen molar-refractivity contribution in [1.82, 2.24) is 0 Å². The predicted octanol–water partition coefficient (Wildman–Crippen LogP) is 4.13. The van der Waals surface area contributed by atoms with E-state index in [1.54, 1.807) is 18.6 Å². The molecule has 5 atom stereocenters. The maximum absolute atomic E-state index is 11.8. The normalized spacial score (nSPS) is 39.5. The number of aliphatic hydroxyl groups is 1. The minimum absolute atomic E-state index is 0.0861. The van der Waals surface area contributed by atoms with E-state index >= 15 is 0 Å². The van der Waals surface area contributed by atoms with Crippen molar-refractivity contribution < 1.29 is 19.4 Å². The third-order valence-corrected chi connectivity index (χ3v) is 6.54. The van der Waals surface area contributed by atoms with Gasteiger partial charge in [-0.05, 0) is 48.7 Å². The van der Waals surface area contributed by atoms with Gasteiger partial charge in [-0.15, -0.1) is 0 Å². The van der Waals surface area contributed by atoms with E-state index in [4.69, 9.17) is 4.42 Å². The summed E-state index contributed by atoms with van der Waals surface area (Å²) in [6.07, 6.45) is 10.9. The molecule has 0 bridgehead atoms. The van der Waals surface area contributed by atoms with Crippen LogP contribution in [-0.2, 0) is 4.79 Å². The molecule has 2 aliphatic carbocycles. The molecule has 0 aliphatic heterocycles. The van der Waals surface area contributed by atoms with E-state index < -0.39 is 17.5 Å². The van der Waals surface area contributed by atoms with Crippen LogP contribution < -0.4 is 0 Å². The zero-order chi connectivity index (χ0) is 17.5. The number of aliphatic carboxylic acids is 1. The number of carboxylic acids is 1. The molecule has 1 aromatic rings. The number of fused-ring (bicyclic) bond motifs is 1. The van der Waals surface area contributed by atoms with Crippen molar-refractivity contribution in [3.8, 4) is 0 Å². The molecule has 0 aromatic carbocycles. The summed E-state index contributed by atoms with van der Waals surface area (Å²) in [4.78, 5) is 11.8. The number of rotatable bonds is 3. The van der Waals surface area contributed by atoms with Gasteiger partial charge in [0.15, 0.2) is 0 Å². The van der Waals surface area contributed by atoms with Gasteiger partial charge in [-0.2, -0.15) is 0 Å². The lowest BCUT2D eigenvalue weighted by atomic mass is 9.47. The second kappa shape index (κ2) is 5.92. The maximum atomic E-state index is 11.8. The number of aliphatic hydroxyl groups excluding tert-OH is 1. The number of hydrogen-bond acceptors (Lipinski definition) is 3. The molecule has 2 N–H and O–H groups in total. The fourth-order valence-electron chi connectivity index (χ4n) is 4.80. The van der Waals surface area contributed by atoms with E-state index in [0.717, 1.165) is 18.4 Å². The van der Waals surface area contributed by atoms with Crippen LogP contribution in [0.5, 0.6) is 0 Å². The Hall–Kier alpha value is -1.81. The molecule has 5 unspecified atom stereocenters. The number of hydrogen-bond donors (Lipinski definition) is 2. The number of carbonyl (C=O) groups is 1. The van der Waals surface area contributed by atoms with Gasteiger partial charge >= 0.3 is 5.97 Å². The van der Waals surface area contributed by atoms with Gasteiger partial charge in [0.25, 0.3) is 0 Å². The van der Waals surface area contributed by atoms with Crippen molar-refractivity contribution in [2.75, 3.05) is 0 Å². The molecule has 1 saturated carbocycles. The predicted molar refractivity (Wildman–Crippen MR) is 92.2 cm³/mol. The Morgan fingerprint density at radius 1 is 1.42 bits per heavy atom. The summed E-state index contributed by atoms with van der Waals surface area (Å²) in [5, 5.41) is 19.9. The highest BCUT2D eigenvalue weighted by molar-refractivity contribution is 5.88. The Morgan fingerprint density at radius 3 is 2.79 bits per heavy atom. The van der Waals surface area contributed by atoms with Crippen LogP contribution in [0, 0.1) is 22.7 Å². The fourth-order valence-corrected chi connectivity index (χ4v) is 4.80. The molecule has 0 radical (unpaired) electrons. The molecule has 0 spiro atoms. The summed E-state index contributed by atoms with van der Waals surface area (Å²) < 4.78 is 5.13. The molecule has 0 amide bonds. The SMILES string of the molecule is CC1CCC2(C)C(C(=O)O)=CC(O)CC2C1(C)C=Cc1ccoc1. The molecule has 2 aliphatic rings. The van der Waals surface area contributed by atoms with E-state index in [9.17, 15) is 15.0 Å². The Balaban J connectivity index is 2.03. The molecular formula is C20H26O4. The molecule has 1 aromatic heterocycles. The highest BCUT2D eigenvalue weighted by Gasteiger charge is 2.55. The van der Waals surface area contributed by atoms with Crippen LogP contribution in [-0.4, -0.2) is 22.3 Å². The monoisotopic (exact) mass is 330 g/mol. The zero-order valence-corrected chi connectivity index (χ0v) is 14.5. The van der Waals surface area contributed by atoms with Crippen molar-refractivity contribution in [1.29, 1.82) is 0 Å². The lowest BCUT2D eigenvalue weighted by Gasteiger charge is -2.57. The van der Waals surface area contributed by atoms with E-state index in [1.165, 1.54) is 0 Å². The minimum Gasteiger partial charge on any atom is -0.478 e. The summed E-state index contributed by atoms with van der Waals surface area (Å²) in [6.45, 7) is 6.48. The van der Waals surface area contributed by atoms with Crippen molar-refractivity contribution >= 4 is 12.0 Å². The van der Waals surface area contributed by atoms with Gasteiger partial charge in [0.2, 0.25) is 0 Å². The number of allylic oxidation sites excluding steroid dienone is 1. The van der Waals surface area contributed by atoms with Crippen LogP contribution in [0.3, 0.4) is 0 Å². The average molecular weight is 330 g/mol. The standard InChI is InChI=1S/C20H26O4/c1-13-4-7-20(3)16(18(22)23)10-15(21)11-17(20)19(13,2)8-5-14-6-9-24-12-14/h5-6,8-10,12-13,15,17,21H,4,7,11H2,1-3H3,(H,22,23). The first-order chi connectivity index (χ1) is 11.3. The topological polar surface area (TPSA) is 70.7 Å². The van der Waals surface area contributed by atoms with Crippen molar-refractivity contribution in [3.63, 3.8) is 0 Å². The summed E-state index contributed by atoms with van der Waals surface area (Å²) >= 11 is 0. The molecule has 3 rings (SSSR count). The van der Waals surface area contributed by atoms with Crippen LogP contribution in [0.4, 0.5) is 0 Å². The highest BCUT2D eigenvalue weighted by Crippen LogP contribution is 2.61. The van der Waals surface area contributed by atoms with E-state index in [2.05, 4.69) is 32.9 Å². The van der Waals surface area contributed by atoms with Crippen LogP contribution in [0.1, 0.15) is 45.6 Å². The van der Waals surface area contributed by atoms with Crippen molar-refractivity contribution in [3.05, 3.63) is 41.9 Å². The summed E-state index contributed by atoms with van der Waals surface area (Å²) in [7, 11) is 0. The summed E-state index contributed by atoms with van der Waals surface area (Å²) in [5.41, 5.74) is 0.787. The molecule has 130 valence electrons. The molecule has 4 nitrogen and oxygen atoms in total. The fraction of sp³-hybridized carbons (Fsp3) is 0.550. The molecule has 0 saturated heterocycles. The van der Waals surface area contributed by atoms with E-state index in [0.29, 0.717) is 17.9 Å². The first-order valence-corrected chi connectivity index (χ1v) is 8.62. The van der Waals surface area contributed by atoms with Gasteiger partial charge in [-0.1, -0.05) is 32.9 Å². The lowest BCUT2D eigenvalue weighted by Crippen LogP contribution is -2.52. The van der Waals surface area contributed by atoms with Crippen molar-refractivity contribution in [2.45, 2.75) is 46.1 Å². The largest absolute Gasteiger partial charge is 0.478 e. The minimum atomic E-state index is -0.906. The Labute approximate surface area is 142 Å². The second-order valence-electron chi connectivity index (χ2n) is 7.85. The molecule has 24 heavy (non-hydrogen) atoms. The van der Waals surface area contributed by atoms with Gasteiger partial charge in [0.05, 0.1) is 18.6 Å². The van der Waals surface area contributed by atoms with E-state index in [1.807, 2.05) is 6.07 Å². The third kappa shape index (κ3) is 2.63. The van der Waals surface area contributed by atoms with Gasteiger partial charge in [-0.25, -0.2) is 4.79 Å². The van der Waals surface area contributed by atoms with Gasteiger partial charge in [-0.3, -0.25) is 0 Å². The van der Waals surface area contributed by atoms with Crippen molar-refractivity contribution in [2.24, 2.45) is 22.7 Å². The Kier molecular flexibility index (Phi) is 4.20. The van der Waals surface area contributed by atoms with Gasteiger partial charge in [0.1, 0.15) is 0 Å². The molecule has 1 heterocycles. The van der Waals surface area contributed by atoms with Gasteiger partial charge in [0, 0.05) is 16.6 Å². The highest BCUT2D eigenvalue weighted by atomic mass is 16.4. The quantitative estimate of drug-likeness (QED) is 0.874. The Morgan fingerprint density at radius 2 is 2.17 bits per heavy atom. The average Bonchev–Trinajstić information content (AvgIpc) is 3.04. The van der Waals surface area contributed by atoms with Crippen LogP contribution in [0.25, 0.3) is 6.08 Å². The maximum Gasteiger partial charge on any atom is 0.331 e. The molecule has 4 heteroatoms. The summed E-state index contributed by atoms with van der Waals surface area (Å²) in [5.74, 6) is -0.404. The van der Waals surface area contributed by atoms with Crippen LogP contribution in [0.15, 0.2) is 40.7 Å². The lowest BCUT2D eigenvalue weighted by molar-refractivity contribution is -0.137. The van der Waals surface area contributed by atoms with E-state index in [-0.39, 0.29) is 11.3 Å². The smallest absolute Gasteiger partial charge is 0.331 e. The zero-order valence-electron chi connectivity index (χ0n) is 14.5.